The van der Waals surface area contributed by atoms with E-state index in [9.17, 15) is 4.79 Å². The number of amides is 1. The Morgan fingerprint density at radius 2 is 1.96 bits per heavy atom. The summed E-state index contributed by atoms with van der Waals surface area (Å²) in [6, 6.07) is 15.8. The van der Waals surface area contributed by atoms with E-state index < -0.39 is 0 Å². The Kier molecular flexibility index (Phi) is 4.73. The zero-order valence-electron chi connectivity index (χ0n) is 15.3. The van der Waals surface area contributed by atoms with Gasteiger partial charge in [-0.25, -0.2) is 4.98 Å². The molecule has 0 fully saturated rings. The summed E-state index contributed by atoms with van der Waals surface area (Å²) in [4.78, 5) is 17.0. The molecule has 4 aromatic rings. The van der Waals surface area contributed by atoms with Crippen LogP contribution in [0, 0.1) is 6.92 Å². The first kappa shape index (κ1) is 17.4. The molecule has 0 bridgehead atoms. The van der Waals surface area contributed by atoms with Crippen molar-refractivity contribution in [2.75, 3.05) is 5.32 Å². The Labute approximate surface area is 161 Å². The van der Waals surface area contributed by atoms with E-state index in [0.29, 0.717) is 5.69 Å². The molecule has 4 rings (SSSR count). The number of nitrogens with one attached hydrogen (secondary N) is 1. The van der Waals surface area contributed by atoms with Crippen LogP contribution in [0.25, 0.3) is 20.8 Å². The van der Waals surface area contributed by atoms with Crippen LogP contribution in [0.1, 0.15) is 29.4 Å². The van der Waals surface area contributed by atoms with Gasteiger partial charge in [0.15, 0.2) is 5.69 Å². The largest absolute Gasteiger partial charge is 0.321 e. The fraction of sp³-hybridized carbons (Fsp3) is 0.190. The van der Waals surface area contributed by atoms with Crippen LogP contribution in [-0.2, 0) is 6.54 Å². The molecule has 5 nitrogen and oxygen atoms in total. The standard InChI is InChI=1S/C21H20N4OS/c1-3-11-25-12-10-18(24-25)20(26)22-16-7-5-15(6-8-16)21-23-17-9-4-14(2)13-19(17)27-21/h4-10,12-13H,3,11H2,1-2H3,(H,22,26). The molecule has 0 atom stereocenters. The van der Waals surface area contributed by atoms with E-state index in [0.717, 1.165) is 34.7 Å². The van der Waals surface area contributed by atoms with Crippen LogP contribution >= 0.6 is 11.3 Å². The van der Waals surface area contributed by atoms with Gasteiger partial charge in [0.1, 0.15) is 5.01 Å². The summed E-state index contributed by atoms with van der Waals surface area (Å²) in [5, 5.41) is 8.16. The first-order valence-electron chi connectivity index (χ1n) is 8.95. The Balaban J connectivity index is 1.50. The lowest BCUT2D eigenvalue weighted by Crippen LogP contribution is -2.13. The first-order chi connectivity index (χ1) is 13.1. The maximum Gasteiger partial charge on any atom is 0.276 e. The zero-order valence-corrected chi connectivity index (χ0v) is 16.1. The van der Waals surface area contributed by atoms with Gasteiger partial charge in [-0.15, -0.1) is 11.3 Å². The molecule has 6 heteroatoms. The predicted octanol–water partition coefficient (Wildman–Crippen LogP) is 5.13. The molecule has 2 aromatic carbocycles. The monoisotopic (exact) mass is 376 g/mol. The van der Waals surface area contributed by atoms with E-state index in [1.807, 2.05) is 30.5 Å². The van der Waals surface area contributed by atoms with Gasteiger partial charge < -0.3 is 5.32 Å². The van der Waals surface area contributed by atoms with Crippen LogP contribution in [0.2, 0.25) is 0 Å². The van der Waals surface area contributed by atoms with Crippen LogP contribution in [0.5, 0.6) is 0 Å². The van der Waals surface area contributed by atoms with Crippen molar-refractivity contribution in [2.24, 2.45) is 0 Å². The highest BCUT2D eigenvalue weighted by molar-refractivity contribution is 7.21. The molecular formula is C21H20N4OS. The fourth-order valence-corrected chi connectivity index (χ4v) is 3.95. The Morgan fingerprint density at radius 3 is 2.74 bits per heavy atom. The second-order valence-corrected chi connectivity index (χ2v) is 7.52. The molecule has 0 saturated carbocycles. The van der Waals surface area contributed by atoms with Gasteiger partial charge >= 0.3 is 0 Å². The molecular weight excluding hydrogens is 356 g/mol. The molecule has 27 heavy (non-hydrogen) atoms. The highest BCUT2D eigenvalue weighted by Gasteiger charge is 2.11. The van der Waals surface area contributed by atoms with E-state index in [-0.39, 0.29) is 5.91 Å². The van der Waals surface area contributed by atoms with Crippen molar-refractivity contribution in [3.05, 3.63) is 66.0 Å². The predicted molar refractivity (Wildman–Crippen MR) is 110 cm³/mol. The van der Waals surface area contributed by atoms with Gasteiger partial charge in [0, 0.05) is 24.0 Å². The number of carbonyl (C=O) groups excluding carboxylic acids is 1. The molecule has 2 heterocycles. The number of rotatable bonds is 5. The van der Waals surface area contributed by atoms with Crippen molar-refractivity contribution < 1.29 is 4.79 Å². The van der Waals surface area contributed by atoms with E-state index in [2.05, 4.69) is 42.5 Å². The quantitative estimate of drug-likeness (QED) is 0.525. The molecule has 2 aromatic heterocycles. The molecule has 0 aliphatic rings. The molecule has 1 amide bonds. The van der Waals surface area contributed by atoms with Gasteiger partial charge in [0.25, 0.3) is 5.91 Å². The van der Waals surface area contributed by atoms with Gasteiger partial charge in [0.2, 0.25) is 0 Å². The molecule has 0 aliphatic carbocycles. The van der Waals surface area contributed by atoms with Gasteiger partial charge in [0.05, 0.1) is 10.2 Å². The summed E-state index contributed by atoms with van der Waals surface area (Å²) in [5.74, 6) is -0.201. The lowest BCUT2D eigenvalue weighted by Gasteiger charge is -2.04. The molecule has 1 N–H and O–H groups in total. The van der Waals surface area contributed by atoms with Gasteiger partial charge in [-0.1, -0.05) is 13.0 Å². The lowest BCUT2D eigenvalue weighted by atomic mass is 10.2. The first-order valence-corrected chi connectivity index (χ1v) is 9.76. The number of thiazole rings is 1. The number of carbonyl (C=O) groups is 1. The number of benzene rings is 2. The Morgan fingerprint density at radius 1 is 1.15 bits per heavy atom. The summed E-state index contributed by atoms with van der Waals surface area (Å²) >= 11 is 1.68. The minimum atomic E-state index is -0.201. The third kappa shape index (κ3) is 3.75. The Bertz CT molecular complexity index is 1100. The Hall–Kier alpha value is -2.99. The number of aromatic nitrogens is 3. The summed E-state index contributed by atoms with van der Waals surface area (Å²) in [6.45, 7) is 4.97. The van der Waals surface area contributed by atoms with E-state index in [1.54, 1.807) is 22.1 Å². The third-order valence-electron chi connectivity index (χ3n) is 4.26. The summed E-state index contributed by atoms with van der Waals surface area (Å²) in [6.07, 6.45) is 2.81. The average Bonchev–Trinajstić information content (AvgIpc) is 3.29. The van der Waals surface area contributed by atoms with Crippen LogP contribution in [0.3, 0.4) is 0 Å². The van der Waals surface area contributed by atoms with Crippen molar-refractivity contribution in [1.29, 1.82) is 0 Å². The van der Waals surface area contributed by atoms with Crippen molar-refractivity contribution in [3.63, 3.8) is 0 Å². The van der Waals surface area contributed by atoms with Crippen LogP contribution in [-0.4, -0.2) is 20.7 Å². The lowest BCUT2D eigenvalue weighted by molar-refractivity contribution is 0.102. The summed E-state index contributed by atoms with van der Waals surface area (Å²) in [5.41, 5.74) is 4.46. The minimum absolute atomic E-state index is 0.201. The van der Waals surface area contributed by atoms with Gasteiger partial charge in [-0.2, -0.15) is 5.10 Å². The maximum atomic E-state index is 12.3. The smallest absolute Gasteiger partial charge is 0.276 e. The van der Waals surface area contributed by atoms with E-state index in [4.69, 9.17) is 4.98 Å². The van der Waals surface area contributed by atoms with Crippen molar-refractivity contribution in [2.45, 2.75) is 26.8 Å². The summed E-state index contributed by atoms with van der Waals surface area (Å²) in [7, 11) is 0. The molecule has 0 radical (unpaired) electrons. The van der Waals surface area contributed by atoms with Crippen molar-refractivity contribution in [3.8, 4) is 10.6 Å². The van der Waals surface area contributed by atoms with Crippen LogP contribution in [0.15, 0.2) is 54.7 Å². The fourth-order valence-electron chi connectivity index (χ4n) is 2.88. The van der Waals surface area contributed by atoms with Crippen molar-refractivity contribution >= 4 is 33.1 Å². The number of hydrogen-bond donors (Lipinski definition) is 1. The maximum absolute atomic E-state index is 12.3. The van der Waals surface area contributed by atoms with Crippen LogP contribution in [0.4, 0.5) is 5.69 Å². The van der Waals surface area contributed by atoms with Gasteiger partial charge in [-0.3, -0.25) is 9.48 Å². The second-order valence-electron chi connectivity index (χ2n) is 6.49. The number of fused-ring (bicyclic) bond motifs is 1. The minimum Gasteiger partial charge on any atom is -0.321 e. The van der Waals surface area contributed by atoms with E-state index >= 15 is 0 Å². The average molecular weight is 376 g/mol. The SMILES string of the molecule is CCCn1ccc(C(=O)Nc2ccc(-c3nc4ccc(C)cc4s3)cc2)n1. The van der Waals surface area contributed by atoms with Gasteiger partial charge in [-0.05, 0) is 61.4 Å². The highest BCUT2D eigenvalue weighted by atomic mass is 32.1. The second kappa shape index (κ2) is 7.32. The zero-order chi connectivity index (χ0) is 18.8. The van der Waals surface area contributed by atoms with E-state index in [1.165, 1.54) is 10.3 Å². The molecule has 0 saturated heterocycles. The summed E-state index contributed by atoms with van der Waals surface area (Å²) < 4.78 is 2.97. The highest BCUT2D eigenvalue weighted by Crippen LogP contribution is 2.31. The molecule has 136 valence electrons. The van der Waals surface area contributed by atoms with Crippen molar-refractivity contribution in [1.82, 2.24) is 14.8 Å². The molecule has 0 unspecified atom stereocenters. The number of nitrogens with zero attached hydrogens (tertiary/aromatic N) is 3. The molecule has 0 spiro atoms. The normalized spacial score (nSPS) is 11.0. The van der Waals surface area contributed by atoms with Crippen LogP contribution < -0.4 is 5.32 Å². The number of hydrogen-bond acceptors (Lipinski definition) is 4. The molecule has 0 aliphatic heterocycles. The number of aryl methyl sites for hydroxylation is 2. The third-order valence-corrected chi connectivity index (χ3v) is 5.33. The number of anilines is 1. The topological polar surface area (TPSA) is 59.8 Å².